The summed E-state index contributed by atoms with van der Waals surface area (Å²) in [6.07, 6.45) is -2.45. The van der Waals surface area contributed by atoms with Crippen molar-refractivity contribution >= 4 is 17.7 Å². The van der Waals surface area contributed by atoms with Gasteiger partial charge in [0.05, 0.1) is 17.2 Å². The highest BCUT2D eigenvalue weighted by Crippen LogP contribution is 2.45. The molecule has 7 heteroatoms. The van der Waals surface area contributed by atoms with Crippen LogP contribution in [0.1, 0.15) is 40.2 Å². The maximum atomic E-state index is 13.4. The Bertz CT molecular complexity index is 659. The van der Waals surface area contributed by atoms with Gasteiger partial charge in [0.15, 0.2) is 0 Å². The molecule has 0 N–H and O–H groups in total. The van der Waals surface area contributed by atoms with Crippen molar-refractivity contribution < 1.29 is 18.0 Å². The third-order valence-electron chi connectivity index (χ3n) is 5.07. The first kappa shape index (κ1) is 15.3. The van der Waals surface area contributed by atoms with Gasteiger partial charge in [0, 0.05) is 25.6 Å². The number of amides is 1. The van der Waals surface area contributed by atoms with E-state index in [0.29, 0.717) is 31.1 Å². The topological polar surface area (TPSA) is 23.6 Å². The van der Waals surface area contributed by atoms with E-state index in [9.17, 15) is 18.0 Å². The molecule has 124 valence electrons. The minimum atomic E-state index is -4.53. The van der Waals surface area contributed by atoms with Crippen LogP contribution in [-0.2, 0) is 6.18 Å². The molecule has 0 aromatic heterocycles. The van der Waals surface area contributed by atoms with E-state index in [-0.39, 0.29) is 17.5 Å². The minimum Gasteiger partial charge on any atom is -0.333 e. The van der Waals surface area contributed by atoms with Crippen molar-refractivity contribution in [3.05, 3.63) is 34.9 Å². The number of fused-ring (bicyclic) bond motifs is 3. The van der Waals surface area contributed by atoms with Crippen LogP contribution in [0.3, 0.4) is 0 Å². The second kappa shape index (κ2) is 5.11. The molecule has 2 fully saturated rings. The fourth-order valence-electron chi connectivity index (χ4n) is 3.81. The molecule has 1 saturated heterocycles. The van der Waals surface area contributed by atoms with E-state index in [0.717, 1.165) is 18.9 Å². The van der Waals surface area contributed by atoms with Gasteiger partial charge in [-0.05, 0) is 42.2 Å². The highest BCUT2D eigenvalue weighted by atomic mass is 35.5. The predicted octanol–water partition coefficient (Wildman–Crippen LogP) is 3.49. The minimum absolute atomic E-state index is 0.128. The summed E-state index contributed by atoms with van der Waals surface area (Å²) in [4.78, 5) is 14.5. The number of rotatable bonds is 2. The third-order valence-corrected chi connectivity index (χ3v) is 5.35. The molecule has 23 heavy (non-hydrogen) atoms. The number of alkyl halides is 3. The summed E-state index contributed by atoms with van der Waals surface area (Å²) in [6, 6.07) is 3.90. The highest BCUT2D eigenvalue weighted by molar-refractivity contribution is 6.13. The molecule has 1 saturated carbocycles. The van der Waals surface area contributed by atoms with Crippen LogP contribution in [-0.4, -0.2) is 40.9 Å². The molecule has 1 amide bonds. The molecule has 1 aliphatic carbocycles. The largest absolute Gasteiger partial charge is 0.417 e. The molecule has 0 radical (unpaired) electrons. The summed E-state index contributed by atoms with van der Waals surface area (Å²) >= 11 is 6.12. The van der Waals surface area contributed by atoms with Crippen LogP contribution >= 0.6 is 11.8 Å². The van der Waals surface area contributed by atoms with E-state index >= 15 is 0 Å². The van der Waals surface area contributed by atoms with Crippen molar-refractivity contribution in [3.8, 4) is 0 Å². The quantitative estimate of drug-likeness (QED) is 0.767. The number of hydrogen-bond donors (Lipinski definition) is 0. The van der Waals surface area contributed by atoms with Crippen LogP contribution in [0.25, 0.3) is 0 Å². The Morgan fingerprint density at radius 2 is 1.96 bits per heavy atom. The fourth-order valence-corrected chi connectivity index (χ4v) is 4.10. The van der Waals surface area contributed by atoms with Crippen LogP contribution in [0.4, 0.5) is 13.2 Å². The first-order valence-electron chi connectivity index (χ1n) is 7.78. The molecule has 2 aliphatic heterocycles. The monoisotopic (exact) mass is 344 g/mol. The molecule has 3 nitrogen and oxygen atoms in total. The number of carbonyl (C=O) groups excluding carboxylic acids is 1. The number of carbonyl (C=O) groups is 1. The second-order valence-corrected chi connectivity index (χ2v) is 7.15. The Kier molecular flexibility index (Phi) is 3.39. The van der Waals surface area contributed by atoms with Gasteiger partial charge in [-0.15, -0.1) is 0 Å². The summed E-state index contributed by atoms with van der Waals surface area (Å²) in [7, 11) is 0. The molecule has 0 spiro atoms. The first-order valence-corrected chi connectivity index (χ1v) is 8.12. The number of halogens is 4. The van der Waals surface area contributed by atoms with E-state index in [2.05, 4.69) is 0 Å². The Labute approximate surface area is 137 Å². The van der Waals surface area contributed by atoms with Gasteiger partial charge in [-0.1, -0.05) is 12.1 Å². The van der Waals surface area contributed by atoms with Gasteiger partial charge < -0.3 is 4.90 Å². The van der Waals surface area contributed by atoms with Crippen molar-refractivity contribution in [3.63, 3.8) is 0 Å². The summed E-state index contributed by atoms with van der Waals surface area (Å²) in [6.45, 7) is 1.51. The van der Waals surface area contributed by atoms with Gasteiger partial charge in [-0.3, -0.25) is 4.79 Å². The van der Waals surface area contributed by atoms with Crippen LogP contribution in [0.2, 0.25) is 0 Å². The lowest BCUT2D eigenvalue weighted by Gasteiger charge is -2.39. The van der Waals surface area contributed by atoms with Crippen molar-refractivity contribution in [1.29, 1.82) is 0 Å². The molecule has 1 aromatic carbocycles. The summed E-state index contributed by atoms with van der Waals surface area (Å²) in [5.74, 6) is -0.224. The van der Waals surface area contributed by atoms with E-state index in [1.807, 2.05) is 0 Å². The van der Waals surface area contributed by atoms with Gasteiger partial charge in [-0.2, -0.15) is 13.2 Å². The Balaban J connectivity index is 1.84. The summed E-state index contributed by atoms with van der Waals surface area (Å²) in [5, 5.41) is 0. The summed E-state index contributed by atoms with van der Waals surface area (Å²) in [5.41, 5.74) is -0.508. The molecule has 2 heterocycles. The standard InChI is InChI=1S/C16H16ClF3N2O/c17-21-7-11-10-2-1-3-12(16(18,19)20)14(10)15(23)22(13(11)8-21)6-9-4-5-9/h1-3,9,11,13H,4-8H2/t11-,13-/m0/s1. The third kappa shape index (κ3) is 2.52. The van der Waals surface area contributed by atoms with Gasteiger partial charge in [0.25, 0.3) is 5.91 Å². The smallest absolute Gasteiger partial charge is 0.333 e. The van der Waals surface area contributed by atoms with Crippen LogP contribution < -0.4 is 0 Å². The van der Waals surface area contributed by atoms with Gasteiger partial charge in [0.1, 0.15) is 0 Å². The zero-order valence-corrected chi connectivity index (χ0v) is 13.1. The SMILES string of the molecule is O=C1c2c(cccc2C(F)(F)F)[C@@H]2CN(Cl)C[C@@H]2N1CC1CC1. The predicted molar refractivity (Wildman–Crippen MR) is 79.2 cm³/mol. The normalized spacial score (nSPS) is 28.0. The molecule has 4 rings (SSSR count). The van der Waals surface area contributed by atoms with Gasteiger partial charge in [0.2, 0.25) is 0 Å². The van der Waals surface area contributed by atoms with E-state index in [1.165, 1.54) is 6.07 Å². The fraction of sp³-hybridized carbons (Fsp3) is 0.562. The van der Waals surface area contributed by atoms with Crippen molar-refractivity contribution in [2.24, 2.45) is 5.92 Å². The van der Waals surface area contributed by atoms with Crippen LogP contribution in [0, 0.1) is 5.92 Å². The van der Waals surface area contributed by atoms with Gasteiger partial charge >= 0.3 is 6.18 Å². The molecular formula is C16H16ClF3N2O. The Morgan fingerprint density at radius 3 is 2.61 bits per heavy atom. The average molecular weight is 345 g/mol. The number of hydrogen-bond acceptors (Lipinski definition) is 2. The number of nitrogens with zero attached hydrogens (tertiary/aromatic N) is 2. The second-order valence-electron chi connectivity index (χ2n) is 6.67. The lowest BCUT2D eigenvalue weighted by atomic mass is 9.82. The Hall–Kier alpha value is -1.27. The Morgan fingerprint density at radius 1 is 1.22 bits per heavy atom. The number of benzene rings is 1. The lowest BCUT2D eigenvalue weighted by molar-refractivity contribution is -0.138. The van der Waals surface area contributed by atoms with E-state index < -0.39 is 17.6 Å². The first-order chi connectivity index (χ1) is 10.9. The molecule has 3 aliphatic rings. The molecule has 0 unspecified atom stereocenters. The van der Waals surface area contributed by atoms with E-state index in [1.54, 1.807) is 15.4 Å². The maximum Gasteiger partial charge on any atom is 0.417 e. The molecule has 0 bridgehead atoms. The van der Waals surface area contributed by atoms with Crippen molar-refractivity contribution in [2.45, 2.75) is 31.0 Å². The van der Waals surface area contributed by atoms with Crippen LogP contribution in [0.15, 0.2) is 18.2 Å². The molecule has 1 aromatic rings. The van der Waals surface area contributed by atoms with Crippen molar-refractivity contribution in [1.82, 2.24) is 9.32 Å². The lowest BCUT2D eigenvalue weighted by Crippen LogP contribution is -2.49. The zero-order chi connectivity index (χ0) is 16.4. The maximum absolute atomic E-state index is 13.4. The molecule has 2 atom stereocenters. The average Bonchev–Trinajstić information content (AvgIpc) is 3.22. The highest BCUT2D eigenvalue weighted by Gasteiger charge is 2.49. The van der Waals surface area contributed by atoms with Gasteiger partial charge in [-0.25, -0.2) is 4.42 Å². The van der Waals surface area contributed by atoms with Crippen molar-refractivity contribution in [2.75, 3.05) is 19.6 Å². The zero-order valence-electron chi connectivity index (χ0n) is 12.3. The summed E-state index contributed by atoms with van der Waals surface area (Å²) < 4.78 is 41.7. The van der Waals surface area contributed by atoms with Crippen LogP contribution in [0.5, 0.6) is 0 Å². The molecular weight excluding hydrogens is 329 g/mol. The van der Waals surface area contributed by atoms with E-state index in [4.69, 9.17) is 11.8 Å².